The zero-order valence-corrected chi connectivity index (χ0v) is 9.39. The number of nitrogens with one attached hydrogen (secondary N) is 2. The first-order valence-electron chi connectivity index (χ1n) is 4.15. The lowest BCUT2D eigenvalue weighted by Gasteiger charge is -2.06. The van der Waals surface area contributed by atoms with E-state index in [4.69, 9.17) is 12.2 Å². The van der Waals surface area contributed by atoms with Crippen LogP contribution in [0.1, 0.15) is 16.8 Å². The second-order valence-corrected chi connectivity index (χ2v) is 4.29. The molecule has 0 radical (unpaired) electrons. The molecule has 0 fully saturated rings. The zero-order valence-electron chi connectivity index (χ0n) is 7.76. The van der Waals surface area contributed by atoms with Crippen LogP contribution in [-0.2, 0) is 6.54 Å². The lowest BCUT2D eigenvalue weighted by molar-refractivity contribution is 0.862. The van der Waals surface area contributed by atoms with E-state index in [1.54, 1.807) is 11.3 Å². The number of hydrogen-bond donors (Lipinski definition) is 2. The van der Waals surface area contributed by atoms with Gasteiger partial charge in [0.25, 0.3) is 0 Å². The van der Waals surface area contributed by atoms with E-state index in [-0.39, 0.29) is 0 Å². The molecular formula is C8H13N3S2. The van der Waals surface area contributed by atoms with Crippen LogP contribution < -0.4 is 10.6 Å². The third-order valence-corrected chi connectivity index (χ3v) is 2.63. The van der Waals surface area contributed by atoms with E-state index in [2.05, 4.69) is 15.6 Å². The Bertz CT molecular complexity index is 283. The molecule has 0 saturated carbocycles. The van der Waals surface area contributed by atoms with Gasteiger partial charge in [-0.2, -0.15) is 0 Å². The van der Waals surface area contributed by atoms with E-state index >= 15 is 0 Å². The average Bonchev–Trinajstić information content (AvgIpc) is 2.49. The summed E-state index contributed by atoms with van der Waals surface area (Å²) in [6.45, 7) is 5.63. The number of thiocarbonyl (C=S) groups is 1. The van der Waals surface area contributed by atoms with Crippen LogP contribution in [0.15, 0.2) is 6.20 Å². The first kappa shape index (κ1) is 10.4. The van der Waals surface area contributed by atoms with E-state index in [0.717, 1.165) is 18.1 Å². The molecule has 72 valence electrons. The van der Waals surface area contributed by atoms with Gasteiger partial charge in [0, 0.05) is 17.6 Å². The molecule has 0 unspecified atom stereocenters. The highest BCUT2D eigenvalue weighted by Crippen LogP contribution is 2.10. The van der Waals surface area contributed by atoms with Crippen molar-refractivity contribution in [2.75, 3.05) is 6.54 Å². The van der Waals surface area contributed by atoms with Gasteiger partial charge in [0.05, 0.1) is 11.6 Å². The summed E-state index contributed by atoms with van der Waals surface area (Å²) in [6, 6.07) is 0. The normalized spacial score (nSPS) is 9.69. The summed E-state index contributed by atoms with van der Waals surface area (Å²) < 4.78 is 0. The molecule has 0 bridgehead atoms. The fraction of sp³-hybridized carbons (Fsp3) is 0.500. The minimum atomic E-state index is 0.702. The van der Waals surface area contributed by atoms with Gasteiger partial charge in [-0.3, -0.25) is 0 Å². The molecule has 0 saturated heterocycles. The minimum absolute atomic E-state index is 0.702. The van der Waals surface area contributed by atoms with E-state index in [1.165, 1.54) is 4.88 Å². The van der Waals surface area contributed by atoms with Gasteiger partial charge in [0.1, 0.15) is 0 Å². The predicted molar refractivity (Wildman–Crippen MR) is 60.0 cm³/mol. The first-order valence-corrected chi connectivity index (χ1v) is 5.38. The van der Waals surface area contributed by atoms with Gasteiger partial charge >= 0.3 is 0 Å². The zero-order chi connectivity index (χ0) is 9.68. The molecule has 0 aromatic carbocycles. The fourth-order valence-corrected chi connectivity index (χ4v) is 1.83. The molecule has 0 aliphatic heterocycles. The largest absolute Gasteiger partial charge is 0.363 e. The van der Waals surface area contributed by atoms with Gasteiger partial charge in [0.15, 0.2) is 5.11 Å². The van der Waals surface area contributed by atoms with Crippen LogP contribution in [0, 0.1) is 6.92 Å². The molecule has 1 aromatic heterocycles. The third-order valence-electron chi connectivity index (χ3n) is 1.43. The Morgan fingerprint density at radius 2 is 2.38 bits per heavy atom. The van der Waals surface area contributed by atoms with Crippen LogP contribution in [0.25, 0.3) is 0 Å². The van der Waals surface area contributed by atoms with E-state index < -0.39 is 0 Å². The maximum Gasteiger partial charge on any atom is 0.166 e. The predicted octanol–water partition coefficient (Wildman–Crippen LogP) is 1.44. The van der Waals surface area contributed by atoms with Gasteiger partial charge in [-0.1, -0.05) is 0 Å². The van der Waals surface area contributed by atoms with Crippen molar-refractivity contribution in [1.82, 2.24) is 15.6 Å². The van der Waals surface area contributed by atoms with Crippen LogP contribution in [0.5, 0.6) is 0 Å². The fourth-order valence-electron chi connectivity index (χ4n) is 0.878. The molecule has 0 aliphatic carbocycles. The van der Waals surface area contributed by atoms with Crippen LogP contribution in [0.3, 0.4) is 0 Å². The van der Waals surface area contributed by atoms with E-state index in [1.807, 2.05) is 20.0 Å². The summed E-state index contributed by atoms with van der Waals surface area (Å²) in [6.07, 6.45) is 1.88. The van der Waals surface area contributed by atoms with Crippen molar-refractivity contribution in [3.05, 3.63) is 16.1 Å². The Labute approximate surface area is 87.6 Å². The van der Waals surface area contributed by atoms with Crippen molar-refractivity contribution in [2.24, 2.45) is 0 Å². The highest BCUT2D eigenvalue weighted by atomic mass is 32.1. The molecule has 0 amide bonds. The van der Waals surface area contributed by atoms with Crippen LogP contribution >= 0.6 is 23.6 Å². The minimum Gasteiger partial charge on any atom is -0.363 e. The molecule has 1 heterocycles. The maximum atomic E-state index is 5.02. The number of thiazole rings is 1. The Morgan fingerprint density at radius 3 is 2.92 bits per heavy atom. The first-order chi connectivity index (χ1) is 6.22. The van der Waals surface area contributed by atoms with Gasteiger partial charge in [0.2, 0.25) is 0 Å². The van der Waals surface area contributed by atoms with Crippen molar-refractivity contribution in [1.29, 1.82) is 0 Å². The van der Waals surface area contributed by atoms with Crippen molar-refractivity contribution >= 4 is 28.7 Å². The molecule has 0 atom stereocenters. The Morgan fingerprint density at radius 1 is 1.62 bits per heavy atom. The number of rotatable bonds is 3. The van der Waals surface area contributed by atoms with Crippen molar-refractivity contribution in [3.63, 3.8) is 0 Å². The number of hydrogen-bond acceptors (Lipinski definition) is 3. The van der Waals surface area contributed by atoms with Gasteiger partial charge in [-0.25, -0.2) is 4.98 Å². The molecule has 2 N–H and O–H groups in total. The SMILES string of the molecule is CCNC(=S)NCc1cnc(C)s1. The van der Waals surface area contributed by atoms with Gasteiger partial charge < -0.3 is 10.6 Å². The maximum absolute atomic E-state index is 5.02. The summed E-state index contributed by atoms with van der Waals surface area (Å²) in [7, 11) is 0. The summed E-state index contributed by atoms with van der Waals surface area (Å²) in [4.78, 5) is 5.36. The Hall–Kier alpha value is -0.680. The molecule has 0 aliphatic rings. The molecule has 1 rings (SSSR count). The Balaban J connectivity index is 2.30. The highest BCUT2D eigenvalue weighted by molar-refractivity contribution is 7.80. The number of nitrogens with zero attached hydrogens (tertiary/aromatic N) is 1. The molecule has 5 heteroatoms. The summed E-state index contributed by atoms with van der Waals surface area (Å²) >= 11 is 6.71. The summed E-state index contributed by atoms with van der Waals surface area (Å²) in [5.41, 5.74) is 0. The smallest absolute Gasteiger partial charge is 0.166 e. The van der Waals surface area contributed by atoms with Gasteiger partial charge in [-0.05, 0) is 26.1 Å². The Kier molecular flexibility index (Phi) is 4.11. The molecule has 13 heavy (non-hydrogen) atoms. The van der Waals surface area contributed by atoms with Crippen molar-refractivity contribution in [2.45, 2.75) is 20.4 Å². The summed E-state index contributed by atoms with van der Waals surface area (Å²) in [5, 5.41) is 7.92. The standard InChI is InChI=1S/C8H13N3S2/c1-3-9-8(12)11-5-7-4-10-6(2)13-7/h4H,3,5H2,1-2H3,(H2,9,11,12). The second-order valence-electron chi connectivity index (χ2n) is 2.56. The lowest BCUT2D eigenvalue weighted by atomic mass is 10.5. The number of aryl methyl sites for hydroxylation is 1. The van der Waals surface area contributed by atoms with Crippen LogP contribution in [0.4, 0.5) is 0 Å². The van der Waals surface area contributed by atoms with E-state index in [0.29, 0.717) is 5.11 Å². The molecular weight excluding hydrogens is 202 g/mol. The molecule has 0 spiro atoms. The topological polar surface area (TPSA) is 37.0 Å². The second kappa shape index (κ2) is 5.14. The van der Waals surface area contributed by atoms with Crippen molar-refractivity contribution < 1.29 is 0 Å². The third kappa shape index (κ3) is 3.69. The monoisotopic (exact) mass is 215 g/mol. The lowest BCUT2D eigenvalue weighted by Crippen LogP contribution is -2.34. The van der Waals surface area contributed by atoms with E-state index in [9.17, 15) is 0 Å². The number of aromatic nitrogens is 1. The average molecular weight is 215 g/mol. The molecule has 1 aromatic rings. The van der Waals surface area contributed by atoms with Crippen molar-refractivity contribution in [3.8, 4) is 0 Å². The quantitative estimate of drug-likeness (QED) is 0.748. The van der Waals surface area contributed by atoms with Crippen LogP contribution in [-0.4, -0.2) is 16.6 Å². The highest BCUT2D eigenvalue weighted by Gasteiger charge is 1.98. The van der Waals surface area contributed by atoms with Gasteiger partial charge in [-0.15, -0.1) is 11.3 Å². The summed E-state index contributed by atoms with van der Waals surface area (Å²) in [5.74, 6) is 0. The van der Waals surface area contributed by atoms with Crippen LogP contribution in [0.2, 0.25) is 0 Å². The molecule has 3 nitrogen and oxygen atoms in total.